The second-order valence-electron chi connectivity index (χ2n) is 6.60. The lowest BCUT2D eigenvalue weighted by Gasteiger charge is -2.24. The van der Waals surface area contributed by atoms with Crippen molar-refractivity contribution < 1.29 is 14.3 Å². The van der Waals surface area contributed by atoms with Gasteiger partial charge in [-0.3, -0.25) is 4.79 Å². The number of methoxy groups -OCH3 is 1. The molecule has 0 spiro atoms. The lowest BCUT2D eigenvalue weighted by Crippen LogP contribution is -2.50. The van der Waals surface area contributed by atoms with Gasteiger partial charge in [-0.2, -0.15) is 0 Å². The third kappa shape index (κ3) is 5.23. The highest BCUT2D eigenvalue weighted by molar-refractivity contribution is 5.94. The van der Waals surface area contributed by atoms with Crippen LogP contribution in [-0.2, 0) is 11.2 Å². The first kappa shape index (κ1) is 18.8. The van der Waals surface area contributed by atoms with Crippen molar-refractivity contribution in [1.29, 1.82) is 0 Å². The van der Waals surface area contributed by atoms with E-state index in [1.807, 2.05) is 35.2 Å². The molecule has 1 saturated heterocycles. The topological polar surface area (TPSA) is 70.7 Å². The normalized spacial score (nSPS) is 14.5. The van der Waals surface area contributed by atoms with E-state index in [0.29, 0.717) is 17.9 Å². The summed E-state index contributed by atoms with van der Waals surface area (Å²) in [4.78, 5) is 27.2. The second kappa shape index (κ2) is 9.07. The monoisotopic (exact) mass is 367 g/mol. The first-order valence-corrected chi connectivity index (χ1v) is 9.20. The number of carbonyl (C=O) groups is 2. The van der Waals surface area contributed by atoms with E-state index in [4.69, 9.17) is 4.74 Å². The Hall–Kier alpha value is -3.02. The van der Waals surface area contributed by atoms with Crippen LogP contribution < -0.4 is 15.4 Å². The molecule has 0 saturated carbocycles. The van der Waals surface area contributed by atoms with Gasteiger partial charge in [-0.15, -0.1) is 0 Å². The zero-order chi connectivity index (χ0) is 19.1. The lowest BCUT2D eigenvalue weighted by molar-refractivity contribution is -0.132. The number of nitrogens with zero attached hydrogens (tertiary/aromatic N) is 1. The number of nitrogens with one attached hydrogen (secondary N) is 2. The summed E-state index contributed by atoms with van der Waals surface area (Å²) in [5.41, 5.74) is 1.65. The fourth-order valence-corrected chi connectivity index (χ4v) is 3.21. The van der Waals surface area contributed by atoms with Crippen LogP contribution in [0.3, 0.4) is 0 Å². The van der Waals surface area contributed by atoms with Crippen molar-refractivity contribution in [2.24, 2.45) is 0 Å². The quantitative estimate of drug-likeness (QED) is 0.824. The van der Waals surface area contributed by atoms with Crippen molar-refractivity contribution >= 4 is 17.6 Å². The number of ether oxygens (including phenoxy) is 1. The van der Waals surface area contributed by atoms with Crippen LogP contribution in [0, 0.1) is 0 Å². The highest BCUT2D eigenvalue weighted by Gasteiger charge is 2.28. The predicted octanol–water partition coefficient (Wildman–Crippen LogP) is 3.05. The minimum atomic E-state index is -0.594. The van der Waals surface area contributed by atoms with Gasteiger partial charge in [0.25, 0.3) is 0 Å². The summed E-state index contributed by atoms with van der Waals surface area (Å²) in [6.45, 7) is 1.51. The molecule has 6 nitrogen and oxygen atoms in total. The molecular formula is C21H25N3O3. The van der Waals surface area contributed by atoms with Crippen LogP contribution in [0.5, 0.6) is 5.75 Å². The van der Waals surface area contributed by atoms with E-state index in [1.165, 1.54) is 0 Å². The van der Waals surface area contributed by atoms with Crippen LogP contribution in [0.1, 0.15) is 18.4 Å². The van der Waals surface area contributed by atoms with E-state index >= 15 is 0 Å². The van der Waals surface area contributed by atoms with Crippen LogP contribution in [0.4, 0.5) is 10.5 Å². The molecule has 0 aromatic heterocycles. The fourth-order valence-electron chi connectivity index (χ4n) is 3.21. The Kier molecular flexibility index (Phi) is 6.30. The minimum Gasteiger partial charge on any atom is -0.497 e. The van der Waals surface area contributed by atoms with Crippen LogP contribution >= 0.6 is 0 Å². The third-order valence-corrected chi connectivity index (χ3v) is 4.65. The maximum Gasteiger partial charge on any atom is 0.319 e. The number of rotatable bonds is 6. The maximum absolute atomic E-state index is 12.9. The van der Waals surface area contributed by atoms with Crippen molar-refractivity contribution in [3.63, 3.8) is 0 Å². The lowest BCUT2D eigenvalue weighted by atomic mass is 10.0. The largest absolute Gasteiger partial charge is 0.497 e. The molecule has 0 bridgehead atoms. The number of amides is 3. The number of anilines is 1. The molecule has 1 fully saturated rings. The van der Waals surface area contributed by atoms with Gasteiger partial charge in [0, 0.05) is 25.2 Å². The van der Waals surface area contributed by atoms with Crippen molar-refractivity contribution in [1.82, 2.24) is 10.2 Å². The van der Waals surface area contributed by atoms with Crippen LogP contribution in [0.25, 0.3) is 0 Å². The van der Waals surface area contributed by atoms with Gasteiger partial charge in [0.1, 0.15) is 11.8 Å². The molecule has 2 N–H and O–H groups in total. The van der Waals surface area contributed by atoms with E-state index in [2.05, 4.69) is 10.6 Å². The molecule has 0 aliphatic carbocycles. The van der Waals surface area contributed by atoms with Gasteiger partial charge in [-0.1, -0.05) is 30.3 Å². The summed E-state index contributed by atoms with van der Waals surface area (Å²) in [6, 6.07) is 15.8. The number of hydrogen-bond donors (Lipinski definition) is 2. The van der Waals surface area contributed by atoms with Gasteiger partial charge in [-0.25, -0.2) is 4.79 Å². The highest BCUT2D eigenvalue weighted by atomic mass is 16.5. The second-order valence-corrected chi connectivity index (χ2v) is 6.60. The molecule has 1 aliphatic rings. The van der Waals surface area contributed by atoms with Gasteiger partial charge in [0.15, 0.2) is 0 Å². The molecule has 27 heavy (non-hydrogen) atoms. The summed E-state index contributed by atoms with van der Waals surface area (Å²) in [7, 11) is 1.59. The predicted molar refractivity (Wildman–Crippen MR) is 105 cm³/mol. The summed E-state index contributed by atoms with van der Waals surface area (Å²) in [6.07, 6.45) is 2.50. The summed E-state index contributed by atoms with van der Waals surface area (Å²) in [5, 5.41) is 5.63. The van der Waals surface area contributed by atoms with Crippen LogP contribution in [-0.4, -0.2) is 43.1 Å². The molecule has 2 aromatic rings. The van der Waals surface area contributed by atoms with E-state index in [1.54, 1.807) is 31.4 Å². The van der Waals surface area contributed by atoms with Gasteiger partial charge in [0.2, 0.25) is 5.91 Å². The Morgan fingerprint density at radius 2 is 1.70 bits per heavy atom. The minimum absolute atomic E-state index is 0.0266. The molecule has 1 atom stereocenters. The zero-order valence-corrected chi connectivity index (χ0v) is 15.5. The average Bonchev–Trinajstić information content (AvgIpc) is 3.23. The Bertz CT molecular complexity index is 756. The van der Waals surface area contributed by atoms with Crippen molar-refractivity contribution in [2.75, 3.05) is 25.5 Å². The van der Waals surface area contributed by atoms with Gasteiger partial charge < -0.3 is 20.3 Å². The van der Waals surface area contributed by atoms with Crippen LogP contribution in [0.2, 0.25) is 0 Å². The smallest absolute Gasteiger partial charge is 0.319 e. The third-order valence-electron chi connectivity index (χ3n) is 4.65. The Morgan fingerprint density at radius 1 is 1.04 bits per heavy atom. The summed E-state index contributed by atoms with van der Waals surface area (Å²) >= 11 is 0. The van der Waals surface area contributed by atoms with Crippen LogP contribution in [0.15, 0.2) is 54.6 Å². The number of carbonyl (C=O) groups excluding carboxylic acids is 2. The van der Waals surface area contributed by atoms with Gasteiger partial charge in [-0.05, 0) is 42.7 Å². The van der Waals surface area contributed by atoms with Gasteiger partial charge >= 0.3 is 6.03 Å². The molecule has 3 amide bonds. The Morgan fingerprint density at radius 3 is 2.33 bits per heavy atom. The molecule has 1 unspecified atom stereocenters. The first-order valence-electron chi connectivity index (χ1n) is 9.20. The van der Waals surface area contributed by atoms with Crippen molar-refractivity contribution in [2.45, 2.75) is 25.3 Å². The van der Waals surface area contributed by atoms with E-state index < -0.39 is 12.1 Å². The molecule has 0 radical (unpaired) electrons. The Balaban J connectivity index is 1.67. The molecule has 6 heteroatoms. The molecule has 1 aliphatic heterocycles. The maximum atomic E-state index is 12.9. The first-order chi connectivity index (χ1) is 13.2. The zero-order valence-electron chi connectivity index (χ0n) is 15.5. The van der Waals surface area contributed by atoms with Crippen molar-refractivity contribution in [3.05, 3.63) is 60.2 Å². The van der Waals surface area contributed by atoms with E-state index in [0.717, 1.165) is 31.5 Å². The van der Waals surface area contributed by atoms with E-state index in [9.17, 15) is 9.59 Å². The SMILES string of the molecule is COc1ccc(NC(=O)NC(Cc2ccccc2)C(=O)N2CCCC2)cc1. The summed E-state index contributed by atoms with van der Waals surface area (Å²) in [5.74, 6) is 0.688. The molecule has 3 rings (SSSR count). The Labute approximate surface area is 159 Å². The van der Waals surface area contributed by atoms with E-state index in [-0.39, 0.29) is 5.91 Å². The van der Waals surface area contributed by atoms with Gasteiger partial charge in [0.05, 0.1) is 7.11 Å². The fraction of sp³-hybridized carbons (Fsp3) is 0.333. The number of hydrogen-bond acceptors (Lipinski definition) is 3. The number of likely N-dealkylation sites (tertiary alicyclic amines) is 1. The summed E-state index contributed by atoms with van der Waals surface area (Å²) < 4.78 is 5.12. The van der Waals surface area contributed by atoms with Crippen molar-refractivity contribution in [3.8, 4) is 5.75 Å². The molecule has 2 aromatic carbocycles. The number of benzene rings is 2. The molecule has 142 valence electrons. The average molecular weight is 367 g/mol. The molecule has 1 heterocycles. The standard InChI is InChI=1S/C21H25N3O3/c1-27-18-11-9-17(10-12-18)22-21(26)23-19(15-16-7-3-2-4-8-16)20(25)24-13-5-6-14-24/h2-4,7-12,19H,5-6,13-15H2,1H3,(H2,22,23,26). The highest BCUT2D eigenvalue weighted by Crippen LogP contribution is 2.16. The number of urea groups is 1. The molecular weight excluding hydrogens is 342 g/mol.